The Labute approximate surface area is 147 Å². The highest BCUT2D eigenvalue weighted by Crippen LogP contribution is 2.23. The van der Waals surface area contributed by atoms with Gasteiger partial charge in [-0.2, -0.15) is 5.10 Å². The highest BCUT2D eigenvalue weighted by Gasteiger charge is 2.11. The fourth-order valence-corrected chi connectivity index (χ4v) is 3.23. The van der Waals surface area contributed by atoms with Gasteiger partial charge >= 0.3 is 0 Å². The number of hydrogen-bond donors (Lipinski definition) is 1. The first-order chi connectivity index (χ1) is 11.0. The van der Waals surface area contributed by atoms with Crippen LogP contribution in [0, 0.1) is 6.92 Å². The molecule has 0 bridgehead atoms. The Hall–Kier alpha value is -1.82. The fraction of sp³-hybridized carbons (Fsp3) is 0.125. The molecule has 2 heterocycles. The number of carbonyl (C=O) groups is 1. The van der Waals surface area contributed by atoms with Crippen molar-refractivity contribution >= 4 is 46.1 Å². The summed E-state index contributed by atoms with van der Waals surface area (Å²) in [7, 11) is 0. The van der Waals surface area contributed by atoms with Crippen molar-refractivity contribution in [2.24, 2.45) is 0 Å². The van der Waals surface area contributed by atoms with Gasteiger partial charge in [-0.15, -0.1) is 11.3 Å². The molecule has 1 amide bonds. The molecular formula is C16H13Cl2N3OS. The summed E-state index contributed by atoms with van der Waals surface area (Å²) >= 11 is 13.2. The predicted octanol–water partition coefficient (Wildman–Crippen LogP) is 4.86. The van der Waals surface area contributed by atoms with Crippen LogP contribution in [0.4, 0.5) is 5.69 Å². The standard InChI is InChI=1S/C16H13Cl2N3OS/c1-10-2-3-12(17)5-14(10)20-16(22)15-4-11(9-23-15)7-21-8-13(18)6-19-21/h2-6,8-9H,7H2,1H3,(H,20,22). The van der Waals surface area contributed by atoms with Gasteiger partial charge in [-0.3, -0.25) is 9.48 Å². The molecule has 0 aliphatic heterocycles. The molecule has 4 nitrogen and oxygen atoms in total. The number of hydrogen-bond acceptors (Lipinski definition) is 3. The minimum absolute atomic E-state index is 0.148. The Bertz CT molecular complexity index is 857. The molecule has 0 spiro atoms. The number of rotatable bonds is 4. The molecular weight excluding hydrogens is 353 g/mol. The molecule has 0 aliphatic carbocycles. The van der Waals surface area contributed by atoms with E-state index in [1.165, 1.54) is 11.3 Å². The van der Waals surface area contributed by atoms with E-state index in [0.717, 1.165) is 16.8 Å². The SMILES string of the molecule is Cc1ccc(Cl)cc1NC(=O)c1cc(Cn2cc(Cl)cn2)cs1. The van der Waals surface area contributed by atoms with Gasteiger partial charge in [-0.05, 0) is 41.6 Å². The van der Waals surface area contributed by atoms with Crippen LogP contribution in [-0.2, 0) is 6.54 Å². The van der Waals surface area contributed by atoms with Crippen LogP contribution < -0.4 is 5.32 Å². The summed E-state index contributed by atoms with van der Waals surface area (Å²) < 4.78 is 1.73. The van der Waals surface area contributed by atoms with Crippen molar-refractivity contribution in [3.63, 3.8) is 0 Å². The first-order valence-corrected chi connectivity index (χ1v) is 8.48. The smallest absolute Gasteiger partial charge is 0.265 e. The molecule has 0 atom stereocenters. The number of carbonyl (C=O) groups excluding carboxylic acids is 1. The summed E-state index contributed by atoms with van der Waals surface area (Å²) in [4.78, 5) is 13.0. The van der Waals surface area contributed by atoms with E-state index < -0.39 is 0 Å². The normalized spacial score (nSPS) is 10.7. The molecule has 3 rings (SSSR count). The van der Waals surface area contributed by atoms with Crippen LogP contribution in [0.25, 0.3) is 0 Å². The fourth-order valence-electron chi connectivity index (χ4n) is 2.10. The maximum absolute atomic E-state index is 12.4. The molecule has 7 heteroatoms. The maximum atomic E-state index is 12.4. The molecule has 118 valence electrons. The van der Waals surface area contributed by atoms with E-state index in [1.54, 1.807) is 29.2 Å². The average Bonchev–Trinajstić information content (AvgIpc) is 3.13. The van der Waals surface area contributed by atoms with E-state index >= 15 is 0 Å². The monoisotopic (exact) mass is 365 g/mol. The molecule has 0 saturated heterocycles. The van der Waals surface area contributed by atoms with E-state index in [1.807, 2.05) is 24.4 Å². The molecule has 23 heavy (non-hydrogen) atoms. The van der Waals surface area contributed by atoms with Gasteiger partial charge in [0.2, 0.25) is 0 Å². The quantitative estimate of drug-likeness (QED) is 0.717. The number of benzene rings is 1. The largest absolute Gasteiger partial charge is 0.321 e. The third kappa shape index (κ3) is 3.93. The summed E-state index contributed by atoms with van der Waals surface area (Å²) in [6.07, 6.45) is 3.33. The first-order valence-electron chi connectivity index (χ1n) is 6.84. The van der Waals surface area contributed by atoms with E-state index in [2.05, 4.69) is 10.4 Å². The Morgan fingerprint density at radius 1 is 1.30 bits per heavy atom. The molecule has 3 aromatic rings. The van der Waals surface area contributed by atoms with Crippen LogP contribution in [0.1, 0.15) is 20.8 Å². The second-order valence-electron chi connectivity index (χ2n) is 5.09. The molecule has 0 saturated carbocycles. The van der Waals surface area contributed by atoms with E-state index in [0.29, 0.717) is 21.5 Å². The van der Waals surface area contributed by atoms with Crippen LogP contribution in [0.2, 0.25) is 10.0 Å². The van der Waals surface area contributed by atoms with Gasteiger partial charge in [0.25, 0.3) is 5.91 Å². The molecule has 0 aliphatic rings. The van der Waals surface area contributed by atoms with Crippen molar-refractivity contribution in [3.8, 4) is 0 Å². The summed E-state index contributed by atoms with van der Waals surface area (Å²) in [5.41, 5.74) is 2.68. The van der Waals surface area contributed by atoms with Crippen LogP contribution in [-0.4, -0.2) is 15.7 Å². The lowest BCUT2D eigenvalue weighted by atomic mass is 10.2. The second-order valence-corrected chi connectivity index (χ2v) is 6.87. The van der Waals surface area contributed by atoms with Crippen LogP contribution >= 0.6 is 34.5 Å². The number of aryl methyl sites for hydroxylation is 1. The number of thiophene rings is 1. The third-order valence-electron chi connectivity index (χ3n) is 3.27. The lowest BCUT2D eigenvalue weighted by molar-refractivity contribution is 0.103. The molecule has 0 radical (unpaired) electrons. The van der Waals surface area contributed by atoms with Gasteiger partial charge in [0.1, 0.15) is 0 Å². The number of amides is 1. The molecule has 1 aromatic carbocycles. The van der Waals surface area contributed by atoms with E-state index in [-0.39, 0.29) is 5.91 Å². The minimum Gasteiger partial charge on any atom is -0.321 e. The minimum atomic E-state index is -0.148. The van der Waals surface area contributed by atoms with Gasteiger partial charge in [-0.25, -0.2) is 0 Å². The number of aromatic nitrogens is 2. The molecule has 0 fully saturated rings. The van der Waals surface area contributed by atoms with Gasteiger partial charge < -0.3 is 5.32 Å². The number of nitrogens with zero attached hydrogens (tertiary/aromatic N) is 2. The van der Waals surface area contributed by atoms with Crippen molar-refractivity contribution in [2.75, 3.05) is 5.32 Å². The summed E-state index contributed by atoms with van der Waals surface area (Å²) in [5, 5.41) is 10.1. The highest BCUT2D eigenvalue weighted by atomic mass is 35.5. The van der Waals surface area contributed by atoms with Crippen molar-refractivity contribution < 1.29 is 4.79 Å². The molecule has 0 unspecified atom stereocenters. The number of nitrogens with one attached hydrogen (secondary N) is 1. The lowest BCUT2D eigenvalue weighted by Gasteiger charge is -2.07. The van der Waals surface area contributed by atoms with Crippen molar-refractivity contribution in [1.29, 1.82) is 0 Å². The van der Waals surface area contributed by atoms with Crippen molar-refractivity contribution in [3.05, 3.63) is 68.1 Å². The average molecular weight is 366 g/mol. The molecule has 2 aromatic heterocycles. The first kappa shape index (κ1) is 16.1. The summed E-state index contributed by atoms with van der Waals surface area (Å²) in [5.74, 6) is -0.148. The van der Waals surface area contributed by atoms with Gasteiger partial charge in [0.15, 0.2) is 0 Å². The molecule has 1 N–H and O–H groups in total. The Balaban J connectivity index is 1.72. The topological polar surface area (TPSA) is 46.9 Å². The Kier molecular flexibility index (Phi) is 4.71. The Morgan fingerprint density at radius 3 is 2.87 bits per heavy atom. The van der Waals surface area contributed by atoms with Crippen molar-refractivity contribution in [2.45, 2.75) is 13.5 Å². The Morgan fingerprint density at radius 2 is 2.13 bits per heavy atom. The predicted molar refractivity (Wildman–Crippen MR) is 94.8 cm³/mol. The summed E-state index contributed by atoms with van der Waals surface area (Å²) in [6.45, 7) is 2.50. The van der Waals surface area contributed by atoms with Gasteiger partial charge in [-0.1, -0.05) is 29.3 Å². The van der Waals surface area contributed by atoms with Crippen LogP contribution in [0.3, 0.4) is 0 Å². The highest BCUT2D eigenvalue weighted by molar-refractivity contribution is 7.12. The summed E-state index contributed by atoms with van der Waals surface area (Å²) in [6, 6.07) is 7.27. The van der Waals surface area contributed by atoms with Crippen molar-refractivity contribution in [1.82, 2.24) is 9.78 Å². The second kappa shape index (κ2) is 6.74. The zero-order chi connectivity index (χ0) is 16.4. The lowest BCUT2D eigenvalue weighted by Crippen LogP contribution is -2.11. The number of anilines is 1. The zero-order valence-corrected chi connectivity index (χ0v) is 14.5. The maximum Gasteiger partial charge on any atom is 0.265 e. The van der Waals surface area contributed by atoms with Gasteiger partial charge in [0.05, 0.1) is 22.6 Å². The van der Waals surface area contributed by atoms with E-state index in [9.17, 15) is 4.79 Å². The van der Waals surface area contributed by atoms with Crippen LogP contribution in [0.15, 0.2) is 42.0 Å². The van der Waals surface area contributed by atoms with Gasteiger partial charge in [0, 0.05) is 16.9 Å². The van der Waals surface area contributed by atoms with E-state index in [4.69, 9.17) is 23.2 Å². The zero-order valence-electron chi connectivity index (χ0n) is 12.2. The number of halogens is 2. The third-order valence-corrected chi connectivity index (χ3v) is 4.68. The van der Waals surface area contributed by atoms with Crippen LogP contribution in [0.5, 0.6) is 0 Å².